The van der Waals surface area contributed by atoms with E-state index in [9.17, 15) is 9.59 Å². The van der Waals surface area contributed by atoms with E-state index in [1.54, 1.807) is 12.0 Å². The number of aromatic nitrogens is 4. The summed E-state index contributed by atoms with van der Waals surface area (Å²) < 4.78 is 16.0. The number of methoxy groups -OCH3 is 1. The van der Waals surface area contributed by atoms with Crippen molar-refractivity contribution in [2.75, 3.05) is 26.7 Å². The molecule has 0 N–H and O–H groups in total. The number of imidazole rings is 1. The first-order valence-corrected chi connectivity index (χ1v) is 18.2. The fourth-order valence-corrected chi connectivity index (χ4v) is 8.80. The van der Waals surface area contributed by atoms with E-state index < -0.39 is 0 Å². The predicted octanol–water partition coefficient (Wildman–Crippen LogP) is 7.01. The number of aryl methyl sites for hydroxylation is 1. The fourth-order valence-electron chi connectivity index (χ4n) is 8.80. The molecule has 5 heterocycles. The maximum absolute atomic E-state index is 13.8. The van der Waals surface area contributed by atoms with Gasteiger partial charge in [-0.2, -0.15) is 0 Å². The van der Waals surface area contributed by atoms with E-state index in [1.807, 2.05) is 49.5 Å². The van der Waals surface area contributed by atoms with Crippen molar-refractivity contribution >= 4 is 34.1 Å². The van der Waals surface area contributed by atoms with Crippen LogP contribution in [0.25, 0.3) is 33.6 Å². The van der Waals surface area contributed by atoms with Crippen LogP contribution >= 0.6 is 0 Å². The summed E-state index contributed by atoms with van der Waals surface area (Å²) in [6.45, 7) is 5.51. The lowest BCUT2D eigenvalue weighted by Gasteiger charge is -2.27. The number of amides is 2. The van der Waals surface area contributed by atoms with Crippen LogP contribution in [0.5, 0.6) is 5.75 Å². The highest BCUT2D eigenvalue weighted by molar-refractivity contribution is 6.00. The van der Waals surface area contributed by atoms with Gasteiger partial charge in [-0.3, -0.25) is 4.79 Å². The molecule has 2 aliphatic carbocycles. The average Bonchev–Trinajstić information content (AvgIpc) is 3.45. The van der Waals surface area contributed by atoms with Crippen molar-refractivity contribution in [2.24, 2.45) is 24.8 Å². The molecular weight excluding hydrogens is 628 g/mol. The number of likely N-dealkylation sites (tertiary alicyclic amines) is 2. The highest BCUT2D eigenvalue weighted by Gasteiger charge is 2.46. The smallest absolute Gasteiger partial charge is 0.410 e. The molecule has 0 radical (unpaired) electrons. The van der Waals surface area contributed by atoms with Crippen LogP contribution in [-0.4, -0.2) is 73.7 Å². The van der Waals surface area contributed by atoms with Crippen molar-refractivity contribution in [1.82, 2.24) is 28.9 Å². The van der Waals surface area contributed by atoms with Gasteiger partial charge in [-0.15, -0.1) is 0 Å². The van der Waals surface area contributed by atoms with Crippen molar-refractivity contribution in [3.05, 3.63) is 77.5 Å². The van der Waals surface area contributed by atoms with Crippen molar-refractivity contribution in [1.29, 1.82) is 0 Å². The SMILES string of the molecule is COc1cc(C(=O)N2CC3CCC2C3C)cc2nc(-c3cc4ccc(C5CCN(C(=O)OCc6ccccc6)C5)nc4n3CC3CC3)n(C)c12. The number of ether oxygens (including phenoxy) is 2. The van der Waals surface area contributed by atoms with E-state index in [0.29, 0.717) is 48.2 Å². The third-order valence-electron chi connectivity index (χ3n) is 11.9. The Morgan fingerprint density at radius 3 is 2.52 bits per heavy atom. The van der Waals surface area contributed by atoms with Gasteiger partial charge in [0.1, 0.15) is 23.5 Å². The van der Waals surface area contributed by atoms with Gasteiger partial charge in [0, 0.05) is 61.8 Å². The van der Waals surface area contributed by atoms with Crippen molar-refractivity contribution in [3.63, 3.8) is 0 Å². The summed E-state index contributed by atoms with van der Waals surface area (Å²) >= 11 is 0. The minimum atomic E-state index is -0.277. The van der Waals surface area contributed by atoms with Crippen molar-refractivity contribution in [3.8, 4) is 17.3 Å². The molecular formula is C40H44N6O4. The number of benzene rings is 2. The van der Waals surface area contributed by atoms with Gasteiger partial charge < -0.3 is 28.4 Å². The zero-order valence-corrected chi connectivity index (χ0v) is 29.0. The highest BCUT2D eigenvalue weighted by Crippen LogP contribution is 2.44. The molecule has 2 saturated heterocycles. The van der Waals surface area contributed by atoms with Crippen LogP contribution in [0.3, 0.4) is 0 Å². The van der Waals surface area contributed by atoms with E-state index >= 15 is 0 Å². The van der Waals surface area contributed by atoms with Crippen molar-refractivity contribution in [2.45, 2.75) is 64.1 Å². The molecule has 50 heavy (non-hydrogen) atoms. The summed E-state index contributed by atoms with van der Waals surface area (Å²) in [7, 11) is 3.69. The highest BCUT2D eigenvalue weighted by atomic mass is 16.6. The zero-order valence-electron chi connectivity index (χ0n) is 29.0. The second-order valence-corrected chi connectivity index (χ2v) is 15.0. The molecule has 4 unspecified atom stereocenters. The van der Waals surface area contributed by atoms with Gasteiger partial charge in [-0.05, 0) is 85.8 Å². The number of hydrogen-bond acceptors (Lipinski definition) is 6. The van der Waals surface area contributed by atoms with Crippen LogP contribution in [0, 0.1) is 17.8 Å². The molecule has 4 fully saturated rings. The number of piperidine rings is 1. The summed E-state index contributed by atoms with van der Waals surface area (Å²) in [4.78, 5) is 41.1. The monoisotopic (exact) mass is 672 g/mol. The molecule has 10 heteroatoms. The molecule has 258 valence electrons. The lowest BCUT2D eigenvalue weighted by molar-refractivity contribution is 0.0695. The molecule has 9 rings (SSSR count). The van der Waals surface area contributed by atoms with Gasteiger partial charge in [0.05, 0.1) is 18.3 Å². The van der Waals surface area contributed by atoms with Crippen molar-refractivity contribution < 1.29 is 19.1 Å². The van der Waals surface area contributed by atoms with Gasteiger partial charge in [-0.1, -0.05) is 37.3 Å². The number of nitrogens with zero attached hydrogens (tertiary/aromatic N) is 6. The van der Waals surface area contributed by atoms with Gasteiger partial charge in [-0.25, -0.2) is 14.8 Å². The normalized spacial score (nSPS) is 23.0. The van der Waals surface area contributed by atoms with Crippen LogP contribution in [0.2, 0.25) is 0 Å². The fraction of sp³-hybridized carbons (Fsp3) is 0.450. The first-order valence-electron chi connectivity index (χ1n) is 18.2. The molecule has 2 aromatic carbocycles. The Morgan fingerprint density at radius 2 is 1.78 bits per heavy atom. The minimum Gasteiger partial charge on any atom is -0.494 e. The van der Waals surface area contributed by atoms with Gasteiger partial charge in [0.2, 0.25) is 0 Å². The van der Waals surface area contributed by atoms with E-state index in [4.69, 9.17) is 19.4 Å². The Balaban J connectivity index is 1.02. The molecule has 4 atom stereocenters. The lowest BCUT2D eigenvalue weighted by Crippen LogP contribution is -2.38. The van der Waals surface area contributed by atoms with E-state index in [-0.39, 0.29) is 24.5 Å². The standard InChI is InChI=1S/C40H44N6O4/c1-24-28-12-14-33(24)46(22-28)39(47)30-17-32-36(35(19-30)49-3)43(2)38(42-32)34-18-27-11-13-31(41-37(27)45(34)20-25-9-10-25)29-15-16-44(21-29)40(48)50-23-26-7-5-4-6-8-26/h4-8,11,13,17-19,24-25,28-29,33H,9-10,12,14-16,20-23H2,1-3H3. The molecule has 10 nitrogen and oxygen atoms in total. The number of pyridine rings is 1. The third-order valence-corrected chi connectivity index (χ3v) is 11.9. The largest absolute Gasteiger partial charge is 0.494 e. The number of rotatable bonds is 8. The Morgan fingerprint density at radius 1 is 0.940 bits per heavy atom. The van der Waals surface area contributed by atoms with E-state index in [1.165, 1.54) is 19.3 Å². The first kappa shape index (κ1) is 31.1. The molecule has 2 saturated carbocycles. The summed E-state index contributed by atoms with van der Waals surface area (Å²) in [5.41, 5.74) is 6.20. The average molecular weight is 673 g/mol. The van der Waals surface area contributed by atoms with Gasteiger partial charge >= 0.3 is 6.09 Å². The maximum atomic E-state index is 13.8. The molecule has 2 amide bonds. The Kier molecular flexibility index (Phi) is 7.58. The second kappa shape index (κ2) is 12.2. The summed E-state index contributed by atoms with van der Waals surface area (Å²) in [5.74, 6) is 3.47. The number of hydrogen-bond donors (Lipinski definition) is 0. The van der Waals surface area contributed by atoms with Crippen LogP contribution in [0.4, 0.5) is 4.79 Å². The van der Waals surface area contributed by atoms with Crippen LogP contribution in [0.1, 0.15) is 66.6 Å². The van der Waals surface area contributed by atoms with Gasteiger partial charge in [0.25, 0.3) is 5.91 Å². The maximum Gasteiger partial charge on any atom is 0.410 e. The molecule has 0 spiro atoms. The van der Waals surface area contributed by atoms with E-state index in [0.717, 1.165) is 70.8 Å². The predicted molar refractivity (Wildman–Crippen MR) is 191 cm³/mol. The van der Waals surface area contributed by atoms with Crippen LogP contribution in [-0.2, 0) is 24.9 Å². The second-order valence-electron chi connectivity index (χ2n) is 15.0. The third kappa shape index (κ3) is 5.31. The topological polar surface area (TPSA) is 94.7 Å². The molecule has 2 aliphatic heterocycles. The quantitative estimate of drug-likeness (QED) is 0.176. The Labute approximate surface area is 292 Å². The summed E-state index contributed by atoms with van der Waals surface area (Å²) in [6, 6.07) is 20.4. The molecule has 2 bridgehead atoms. The number of carbonyl (C=O) groups is 2. The molecule has 3 aromatic heterocycles. The van der Waals surface area contributed by atoms with Gasteiger partial charge in [0.15, 0.2) is 5.82 Å². The minimum absolute atomic E-state index is 0.0750. The number of carbonyl (C=O) groups excluding carboxylic acids is 2. The molecule has 5 aromatic rings. The summed E-state index contributed by atoms with van der Waals surface area (Å²) in [5, 5.41) is 1.06. The van der Waals surface area contributed by atoms with Crippen LogP contribution in [0.15, 0.2) is 60.7 Å². The first-order chi connectivity index (χ1) is 24.4. The zero-order chi connectivity index (χ0) is 34.1. The number of fused-ring (bicyclic) bond motifs is 4. The summed E-state index contributed by atoms with van der Waals surface area (Å²) in [6.07, 6.45) is 5.29. The van der Waals surface area contributed by atoms with E-state index in [2.05, 4.69) is 39.2 Å². The Bertz CT molecular complexity index is 2120. The van der Waals surface area contributed by atoms with Crippen LogP contribution < -0.4 is 4.74 Å². The molecule has 4 aliphatic rings. The lowest BCUT2D eigenvalue weighted by atomic mass is 10.0. The Hall–Kier alpha value is -4.86.